The molecule has 1 spiro atoms. The summed E-state index contributed by atoms with van der Waals surface area (Å²) in [6.45, 7) is 2.49. The van der Waals surface area contributed by atoms with Crippen LogP contribution < -0.4 is 10.2 Å². The molecule has 2 fully saturated rings. The predicted molar refractivity (Wildman–Crippen MR) is 111 cm³/mol. The lowest BCUT2D eigenvalue weighted by molar-refractivity contribution is 0.0658. The quantitative estimate of drug-likeness (QED) is 0.798. The first-order valence-corrected chi connectivity index (χ1v) is 10.0. The molecule has 4 rings (SSSR count). The molecule has 28 heavy (non-hydrogen) atoms. The normalized spacial score (nSPS) is 27.5. The lowest BCUT2D eigenvalue weighted by atomic mass is 9.69. The Labute approximate surface area is 170 Å². The first-order chi connectivity index (χ1) is 13.4. The van der Waals surface area contributed by atoms with E-state index in [1.165, 1.54) is 5.56 Å². The Morgan fingerprint density at radius 3 is 2.43 bits per heavy atom. The van der Waals surface area contributed by atoms with Gasteiger partial charge in [-0.3, -0.25) is 9.80 Å². The monoisotopic (exact) mass is 399 g/mol. The van der Waals surface area contributed by atoms with E-state index in [1.807, 2.05) is 6.92 Å². The number of urea groups is 1. The van der Waals surface area contributed by atoms with Gasteiger partial charge >= 0.3 is 6.03 Å². The Morgan fingerprint density at radius 1 is 1.14 bits per heavy atom. The third kappa shape index (κ3) is 3.14. The van der Waals surface area contributed by atoms with Gasteiger partial charge in [0.25, 0.3) is 0 Å². The number of rotatable bonds is 3. The number of aryl methyl sites for hydroxylation is 1. The topological polar surface area (TPSA) is 61.4 Å². The summed E-state index contributed by atoms with van der Waals surface area (Å²) >= 11 is 5.88. The highest BCUT2D eigenvalue weighted by molar-refractivity contribution is 6.28. The summed E-state index contributed by atoms with van der Waals surface area (Å²) in [5.41, 5.74) is 2.58. The van der Waals surface area contributed by atoms with Gasteiger partial charge in [-0.05, 0) is 63.9 Å². The molecule has 6 nitrogen and oxygen atoms in total. The van der Waals surface area contributed by atoms with E-state index in [4.69, 9.17) is 11.6 Å². The largest absolute Gasteiger partial charge is 0.330 e. The minimum absolute atomic E-state index is 0.00393. The highest BCUT2D eigenvalue weighted by atomic mass is 35.5. The highest BCUT2D eigenvalue weighted by Gasteiger charge is 2.50. The van der Waals surface area contributed by atoms with Gasteiger partial charge in [0.15, 0.2) is 0 Å². The Bertz CT molecular complexity index is 878. The van der Waals surface area contributed by atoms with Crippen molar-refractivity contribution in [2.24, 2.45) is 0 Å². The molecule has 1 aromatic carbocycles. The van der Waals surface area contributed by atoms with E-state index in [0.29, 0.717) is 6.54 Å². The summed E-state index contributed by atoms with van der Waals surface area (Å²) in [6.07, 6.45) is 5.48. The van der Waals surface area contributed by atoms with E-state index in [-0.39, 0.29) is 22.4 Å². The summed E-state index contributed by atoms with van der Waals surface area (Å²) < 4.78 is 0. The number of hydrogen-bond donors (Lipinski definition) is 1. The third-order valence-electron chi connectivity index (χ3n) is 6.49. The number of nitrogens with zero attached hydrogens (tertiary/aromatic N) is 4. The van der Waals surface area contributed by atoms with Gasteiger partial charge in [-0.2, -0.15) is 0 Å². The minimum Gasteiger partial charge on any atom is -0.330 e. The van der Waals surface area contributed by atoms with Crippen LogP contribution in [0, 0.1) is 6.92 Å². The molecule has 7 heteroatoms. The fraction of sp³-hybridized carbons (Fsp3) is 0.476. The second-order valence-electron chi connectivity index (χ2n) is 8.20. The molecule has 1 saturated heterocycles. The van der Waals surface area contributed by atoms with Crippen molar-refractivity contribution in [1.82, 2.24) is 20.2 Å². The standard InChI is InChI=1S/C21H26ClN5O/c1-15-17(13-23-18(22)24-15)27-14-20(25-19(27)28)9-11-21(12-10-20,26(2)3)16-7-5-4-6-8-16/h4-8,13H,9-12,14H2,1-3H3,(H,25,28). The van der Waals surface area contributed by atoms with Gasteiger partial charge in [0.2, 0.25) is 5.28 Å². The molecule has 2 heterocycles. The molecule has 1 saturated carbocycles. The molecule has 1 aliphatic heterocycles. The Morgan fingerprint density at radius 2 is 1.82 bits per heavy atom. The van der Waals surface area contributed by atoms with Crippen molar-refractivity contribution < 1.29 is 4.79 Å². The van der Waals surface area contributed by atoms with E-state index < -0.39 is 0 Å². The van der Waals surface area contributed by atoms with Crippen LogP contribution in [0.25, 0.3) is 0 Å². The summed E-state index contributed by atoms with van der Waals surface area (Å²) in [7, 11) is 4.30. The maximum Gasteiger partial charge on any atom is 0.322 e. The van der Waals surface area contributed by atoms with Crippen LogP contribution in [0.4, 0.5) is 10.5 Å². The average Bonchev–Trinajstić information content (AvgIpc) is 2.99. The van der Waals surface area contributed by atoms with Crippen LogP contribution in [0.15, 0.2) is 36.5 Å². The van der Waals surface area contributed by atoms with Crippen molar-refractivity contribution in [1.29, 1.82) is 0 Å². The average molecular weight is 400 g/mol. The fourth-order valence-corrected chi connectivity index (χ4v) is 4.94. The van der Waals surface area contributed by atoms with Gasteiger partial charge in [0.05, 0.1) is 29.7 Å². The zero-order chi connectivity index (χ0) is 19.9. The number of aromatic nitrogens is 2. The highest BCUT2D eigenvalue weighted by Crippen LogP contribution is 2.46. The number of halogens is 1. The summed E-state index contributed by atoms with van der Waals surface area (Å²) in [5, 5.41) is 3.47. The number of hydrogen-bond acceptors (Lipinski definition) is 4. The van der Waals surface area contributed by atoms with E-state index >= 15 is 0 Å². The first-order valence-electron chi connectivity index (χ1n) is 9.67. The number of carbonyl (C=O) groups excluding carboxylic acids is 1. The van der Waals surface area contributed by atoms with E-state index in [1.54, 1.807) is 11.1 Å². The molecule has 148 valence electrons. The number of nitrogens with one attached hydrogen (secondary N) is 1. The fourth-order valence-electron chi connectivity index (χ4n) is 4.77. The van der Waals surface area contributed by atoms with Crippen LogP contribution in [-0.2, 0) is 5.54 Å². The van der Waals surface area contributed by atoms with E-state index in [0.717, 1.165) is 37.1 Å². The molecule has 1 aliphatic carbocycles. The minimum atomic E-state index is -0.211. The molecule has 0 radical (unpaired) electrons. The molecule has 2 amide bonds. The van der Waals surface area contributed by atoms with Crippen LogP contribution in [0.1, 0.15) is 36.9 Å². The second-order valence-corrected chi connectivity index (χ2v) is 8.54. The molecule has 2 aliphatic rings. The smallest absolute Gasteiger partial charge is 0.322 e. The lowest BCUT2D eigenvalue weighted by Gasteiger charge is -2.48. The summed E-state index contributed by atoms with van der Waals surface area (Å²) in [5.74, 6) is 0. The van der Waals surface area contributed by atoms with E-state index in [2.05, 4.69) is 64.6 Å². The molecule has 1 N–H and O–H groups in total. The molecule has 0 bridgehead atoms. The zero-order valence-corrected chi connectivity index (χ0v) is 17.3. The molecular formula is C21H26ClN5O. The second kappa shape index (κ2) is 7.01. The molecular weight excluding hydrogens is 374 g/mol. The van der Waals surface area contributed by atoms with Crippen LogP contribution in [0.5, 0.6) is 0 Å². The van der Waals surface area contributed by atoms with Crippen molar-refractivity contribution in [2.75, 3.05) is 25.5 Å². The van der Waals surface area contributed by atoms with Crippen LogP contribution >= 0.6 is 11.6 Å². The third-order valence-corrected chi connectivity index (χ3v) is 6.68. The van der Waals surface area contributed by atoms with Gasteiger partial charge < -0.3 is 5.32 Å². The predicted octanol–water partition coefficient (Wildman–Crippen LogP) is 3.74. The first kappa shape index (κ1) is 19.2. The Balaban J connectivity index is 1.56. The van der Waals surface area contributed by atoms with E-state index in [9.17, 15) is 4.79 Å². The van der Waals surface area contributed by atoms with Gasteiger partial charge in [0.1, 0.15) is 0 Å². The number of amides is 2. The van der Waals surface area contributed by atoms with Crippen LogP contribution in [0.2, 0.25) is 5.28 Å². The van der Waals surface area contributed by atoms with Crippen molar-refractivity contribution >= 4 is 23.3 Å². The zero-order valence-electron chi connectivity index (χ0n) is 16.6. The van der Waals surface area contributed by atoms with Crippen molar-refractivity contribution in [3.05, 3.63) is 53.1 Å². The van der Waals surface area contributed by atoms with Crippen molar-refractivity contribution in [3.63, 3.8) is 0 Å². The number of benzene rings is 1. The molecule has 0 atom stereocenters. The summed E-state index contributed by atoms with van der Waals surface area (Å²) in [6, 6.07) is 10.6. The van der Waals surface area contributed by atoms with Crippen LogP contribution in [0.3, 0.4) is 0 Å². The maximum atomic E-state index is 12.8. The number of anilines is 1. The van der Waals surface area contributed by atoms with Gasteiger partial charge in [-0.15, -0.1) is 0 Å². The Hall–Kier alpha value is -2.18. The number of carbonyl (C=O) groups is 1. The molecule has 0 unspecified atom stereocenters. The SMILES string of the molecule is Cc1nc(Cl)ncc1N1CC2(CCC(c3ccccc3)(N(C)C)CC2)NC1=O. The summed E-state index contributed by atoms with van der Waals surface area (Å²) in [4.78, 5) is 25.1. The van der Waals surface area contributed by atoms with Gasteiger partial charge in [0, 0.05) is 5.54 Å². The van der Waals surface area contributed by atoms with Crippen molar-refractivity contribution in [2.45, 2.75) is 43.7 Å². The lowest BCUT2D eigenvalue weighted by Crippen LogP contribution is -2.54. The van der Waals surface area contributed by atoms with Gasteiger partial charge in [-0.1, -0.05) is 30.3 Å². The van der Waals surface area contributed by atoms with Crippen molar-refractivity contribution in [3.8, 4) is 0 Å². The molecule has 2 aromatic rings. The van der Waals surface area contributed by atoms with Gasteiger partial charge in [-0.25, -0.2) is 14.8 Å². The van der Waals surface area contributed by atoms with Crippen LogP contribution in [-0.4, -0.2) is 47.1 Å². The Kier molecular flexibility index (Phi) is 4.79. The maximum absolute atomic E-state index is 12.8. The molecule has 1 aromatic heterocycles.